The molecule has 6 nitrogen and oxygen atoms in total. The predicted octanol–water partition coefficient (Wildman–Crippen LogP) is 12.0. The van der Waals surface area contributed by atoms with E-state index >= 15 is 0 Å². The monoisotopic (exact) mass is 706 g/mol. The fourth-order valence-corrected chi connectivity index (χ4v) is 6.45. The normalized spacial score (nSPS) is 13.6. The Hall–Kier alpha value is -1.66. The van der Waals surface area contributed by atoms with Crippen molar-refractivity contribution in [1.82, 2.24) is 5.32 Å². The molecular formula is C44H83NO5. The molecule has 6 heteroatoms. The zero-order chi connectivity index (χ0) is 36.8. The van der Waals surface area contributed by atoms with Gasteiger partial charge in [0.1, 0.15) is 6.10 Å². The number of nitrogens with one attached hydrogen (secondary N) is 1. The number of amides is 1. The Morgan fingerprint density at radius 2 is 1.06 bits per heavy atom. The average molecular weight is 706 g/mol. The number of aliphatic hydroxyl groups is 2. The van der Waals surface area contributed by atoms with E-state index in [4.69, 9.17) is 4.74 Å². The van der Waals surface area contributed by atoms with Crippen molar-refractivity contribution in [3.8, 4) is 0 Å². The molecule has 0 aliphatic heterocycles. The molecule has 0 saturated heterocycles. The summed E-state index contributed by atoms with van der Waals surface area (Å²) in [6, 6.07) is -0.724. The summed E-state index contributed by atoms with van der Waals surface area (Å²) >= 11 is 0. The van der Waals surface area contributed by atoms with Crippen molar-refractivity contribution in [2.24, 2.45) is 0 Å². The second-order valence-electron chi connectivity index (χ2n) is 14.8. The minimum absolute atomic E-state index is 0.0246. The van der Waals surface area contributed by atoms with E-state index in [2.05, 4.69) is 38.2 Å². The molecule has 0 rings (SSSR count). The maximum absolute atomic E-state index is 13.0. The number of hydrogen-bond acceptors (Lipinski definition) is 5. The van der Waals surface area contributed by atoms with E-state index in [0.717, 1.165) is 51.4 Å². The van der Waals surface area contributed by atoms with Crippen molar-refractivity contribution in [2.75, 3.05) is 6.61 Å². The van der Waals surface area contributed by atoms with Gasteiger partial charge in [-0.3, -0.25) is 9.59 Å². The minimum Gasteiger partial charge on any atom is -0.458 e. The van der Waals surface area contributed by atoms with E-state index in [-0.39, 0.29) is 24.9 Å². The van der Waals surface area contributed by atoms with E-state index in [1.54, 1.807) is 0 Å². The lowest BCUT2D eigenvalue weighted by Crippen LogP contribution is -2.46. The fourth-order valence-electron chi connectivity index (χ4n) is 6.45. The molecule has 0 aromatic heterocycles. The van der Waals surface area contributed by atoms with Crippen LogP contribution in [0.5, 0.6) is 0 Å². The average Bonchev–Trinajstić information content (AvgIpc) is 3.10. The number of allylic oxidation sites excluding steroid dienone is 3. The third-order valence-corrected chi connectivity index (χ3v) is 9.78. The van der Waals surface area contributed by atoms with Gasteiger partial charge in [-0.25, -0.2) is 0 Å². The van der Waals surface area contributed by atoms with Crippen LogP contribution in [-0.4, -0.2) is 46.9 Å². The minimum atomic E-state index is -0.803. The van der Waals surface area contributed by atoms with Crippen LogP contribution in [-0.2, 0) is 14.3 Å². The standard InChI is InChI=1S/C44H83NO5/c1-4-7-10-13-16-19-22-23-26-29-32-35-40(50-44(49)37-34-31-28-25-21-18-15-12-9-6-3)38-43(48)45-41(39-46)42(47)36-33-30-27-24-20-17-14-11-8-5-2/h23,26,32,35,40-42,46-47H,4-22,24-25,27-31,33-34,36-39H2,1-3H3,(H,45,48)/b26-23-,35-32+. The summed E-state index contributed by atoms with van der Waals surface area (Å²) in [5.41, 5.74) is 0. The van der Waals surface area contributed by atoms with Gasteiger partial charge in [0.15, 0.2) is 0 Å². The Balaban J connectivity index is 4.69. The van der Waals surface area contributed by atoms with E-state index in [9.17, 15) is 19.8 Å². The first-order chi connectivity index (χ1) is 24.5. The number of carbonyl (C=O) groups is 2. The maximum atomic E-state index is 13.0. The summed E-state index contributed by atoms with van der Waals surface area (Å²) in [6.45, 7) is 6.40. The van der Waals surface area contributed by atoms with Gasteiger partial charge in [0.05, 0.1) is 25.2 Å². The van der Waals surface area contributed by atoms with Gasteiger partial charge < -0.3 is 20.3 Å². The van der Waals surface area contributed by atoms with Crippen LogP contribution in [0.25, 0.3) is 0 Å². The number of rotatable bonds is 38. The molecule has 0 aliphatic rings. The molecule has 0 saturated carbocycles. The summed E-state index contributed by atoms with van der Waals surface area (Å²) in [6.07, 6.45) is 41.2. The summed E-state index contributed by atoms with van der Waals surface area (Å²) in [5, 5.41) is 23.5. The van der Waals surface area contributed by atoms with Gasteiger partial charge in [-0.05, 0) is 38.2 Å². The molecule has 3 N–H and O–H groups in total. The first-order valence-corrected chi connectivity index (χ1v) is 21.6. The first-order valence-electron chi connectivity index (χ1n) is 21.6. The first kappa shape index (κ1) is 48.3. The van der Waals surface area contributed by atoms with Gasteiger partial charge >= 0.3 is 5.97 Å². The lowest BCUT2D eigenvalue weighted by Gasteiger charge is -2.23. The Kier molecular flexibility index (Phi) is 37.3. The third kappa shape index (κ3) is 33.5. The highest BCUT2D eigenvalue weighted by atomic mass is 16.5. The number of ether oxygens (including phenoxy) is 1. The lowest BCUT2D eigenvalue weighted by atomic mass is 10.0. The van der Waals surface area contributed by atoms with E-state index in [0.29, 0.717) is 12.8 Å². The summed E-state index contributed by atoms with van der Waals surface area (Å²) < 4.78 is 5.77. The number of aliphatic hydroxyl groups excluding tert-OH is 2. The van der Waals surface area contributed by atoms with Crippen molar-refractivity contribution < 1.29 is 24.5 Å². The molecule has 0 aliphatic carbocycles. The third-order valence-electron chi connectivity index (χ3n) is 9.78. The van der Waals surface area contributed by atoms with Crippen molar-refractivity contribution in [1.29, 1.82) is 0 Å². The molecule has 0 aromatic carbocycles. The molecule has 0 fully saturated rings. The molecule has 0 heterocycles. The van der Waals surface area contributed by atoms with Crippen molar-refractivity contribution in [3.05, 3.63) is 24.3 Å². The fraction of sp³-hybridized carbons (Fsp3) is 0.864. The van der Waals surface area contributed by atoms with E-state index < -0.39 is 18.2 Å². The summed E-state index contributed by atoms with van der Waals surface area (Å²) in [5.74, 6) is -0.600. The maximum Gasteiger partial charge on any atom is 0.306 e. The number of carbonyl (C=O) groups excluding carboxylic acids is 2. The van der Waals surface area contributed by atoms with Gasteiger partial charge in [-0.15, -0.1) is 0 Å². The number of esters is 1. The van der Waals surface area contributed by atoms with Crippen molar-refractivity contribution in [3.63, 3.8) is 0 Å². The predicted molar refractivity (Wildman–Crippen MR) is 213 cm³/mol. The topological polar surface area (TPSA) is 95.9 Å². The van der Waals surface area contributed by atoms with Gasteiger partial charge in [0, 0.05) is 6.42 Å². The second-order valence-corrected chi connectivity index (χ2v) is 14.8. The van der Waals surface area contributed by atoms with Crippen LogP contribution in [0.2, 0.25) is 0 Å². The molecule has 294 valence electrons. The van der Waals surface area contributed by atoms with Gasteiger partial charge in [-0.2, -0.15) is 0 Å². The van der Waals surface area contributed by atoms with Crippen LogP contribution < -0.4 is 5.32 Å². The Morgan fingerprint density at radius 3 is 1.56 bits per heavy atom. The largest absolute Gasteiger partial charge is 0.458 e. The molecular weight excluding hydrogens is 622 g/mol. The van der Waals surface area contributed by atoms with Crippen molar-refractivity contribution >= 4 is 11.9 Å². The van der Waals surface area contributed by atoms with Gasteiger partial charge in [-0.1, -0.05) is 193 Å². The molecule has 1 amide bonds. The molecule has 0 aromatic rings. The van der Waals surface area contributed by atoms with Crippen LogP contribution in [0.15, 0.2) is 24.3 Å². The summed E-state index contributed by atoms with van der Waals surface area (Å²) in [7, 11) is 0. The highest BCUT2D eigenvalue weighted by Gasteiger charge is 2.23. The van der Waals surface area contributed by atoms with E-state index in [1.165, 1.54) is 128 Å². The van der Waals surface area contributed by atoms with Crippen LogP contribution in [0, 0.1) is 0 Å². The summed E-state index contributed by atoms with van der Waals surface area (Å²) in [4.78, 5) is 25.8. The highest BCUT2D eigenvalue weighted by Crippen LogP contribution is 2.15. The molecule has 0 spiro atoms. The van der Waals surface area contributed by atoms with Crippen molar-refractivity contribution in [2.45, 2.75) is 238 Å². The quantitative estimate of drug-likeness (QED) is 0.0337. The van der Waals surface area contributed by atoms with Crippen LogP contribution >= 0.6 is 0 Å². The second kappa shape index (κ2) is 38.6. The number of hydrogen-bond donors (Lipinski definition) is 3. The van der Waals surface area contributed by atoms with Gasteiger partial charge in [0.2, 0.25) is 5.91 Å². The SMILES string of the molecule is CCCCCCCC/C=C\C/C=C/C(CC(=O)NC(CO)C(O)CCCCCCCCCCCC)OC(=O)CCCCCCCCCCCC. The Labute approximate surface area is 310 Å². The molecule has 3 unspecified atom stereocenters. The molecule has 0 bridgehead atoms. The highest BCUT2D eigenvalue weighted by molar-refractivity contribution is 5.78. The number of unbranched alkanes of at least 4 members (excludes halogenated alkanes) is 24. The lowest BCUT2D eigenvalue weighted by molar-refractivity contribution is -0.148. The molecule has 0 radical (unpaired) electrons. The van der Waals surface area contributed by atoms with Crippen LogP contribution in [0.1, 0.15) is 220 Å². The molecule has 50 heavy (non-hydrogen) atoms. The zero-order valence-electron chi connectivity index (χ0n) is 33.3. The Morgan fingerprint density at radius 1 is 0.600 bits per heavy atom. The molecule has 3 atom stereocenters. The van der Waals surface area contributed by atoms with Crippen LogP contribution in [0.4, 0.5) is 0 Å². The van der Waals surface area contributed by atoms with Gasteiger partial charge in [0.25, 0.3) is 0 Å². The van der Waals surface area contributed by atoms with Crippen LogP contribution in [0.3, 0.4) is 0 Å². The zero-order valence-corrected chi connectivity index (χ0v) is 33.3. The smallest absolute Gasteiger partial charge is 0.306 e. The Bertz CT molecular complexity index is 797. The van der Waals surface area contributed by atoms with E-state index in [1.807, 2.05) is 12.2 Å².